The standard InChI is InChI=1S/C32H34F3N7O4/c1-17-16-46-23(15-42(17)19-5-8-32(2,9-6-19)31(44)45)29-39-14-22-27(38-11-12-41(22)29)20-3-4-21(26(36)25(20)33)30(43)40-24-13-18(28(34)35)7-10-37-24/h3-4,7,10-14,17,19,23,28H,5-6,8-9,15-16,36H2,1-2H3,(H,44,45)(H,37,40,43)/t17-,19?,23+,32?/m0/s1. The predicted molar refractivity (Wildman–Crippen MR) is 163 cm³/mol. The van der Waals surface area contributed by atoms with Crippen LogP contribution >= 0.6 is 0 Å². The van der Waals surface area contributed by atoms with Gasteiger partial charge in [0.2, 0.25) is 0 Å². The molecule has 2 aliphatic rings. The van der Waals surface area contributed by atoms with E-state index in [1.54, 1.807) is 16.8 Å². The minimum Gasteiger partial charge on any atom is -0.481 e. The van der Waals surface area contributed by atoms with Crippen molar-refractivity contribution in [2.45, 2.75) is 64.1 Å². The van der Waals surface area contributed by atoms with Crippen LogP contribution in [-0.4, -0.2) is 66.5 Å². The first kappa shape index (κ1) is 31.4. The Bertz CT molecular complexity index is 1790. The lowest BCUT2D eigenvalue weighted by Crippen LogP contribution is -2.52. The Balaban J connectivity index is 1.23. The van der Waals surface area contributed by atoms with Gasteiger partial charge in [-0.15, -0.1) is 0 Å². The molecule has 0 spiro atoms. The number of fused-ring (bicyclic) bond motifs is 1. The molecule has 1 aliphatic heterocycles. The van der Waals surface area contributed by atoms with Gasteiger partial charge in [0, 0.05) is 48.3 Å². The fourth-order valence-corrected chi connectivity index (χ4v) is 6.43. The van der Waals surface area contributed by atoms with E-state index in [1.807, 2.05) is 6.92 Å². The number of carboxylic acid groups (broad SMARTS) is 1. The van der Waals surface area contributed by atoms with Gasteiger partial charge >= 0.3 is 5.97 Å². The van der Waals surface area contributed by atoms with Crippen LogP contribution in [0.15, 0.2) is 49.1 Å². The molecule has 4 heterocycles. The van der Waals surface area contributed by atoms with Crippen LogP contribution in [0.5, 0.6) is 0 Å². The number of alkyl halides is 2. The molecule has 1 aliphatic carbocycles. The van der Waals surface area contributed by atoms with Crippen molar-refractivity contribution in [1.29, 1.82) is 0 Å². The zero-order valence-corrected chi connectivity index (χ0v) is 25.3. The number of halogens is 3. The molecule has 2 fully saturated rings. The number of ether oxygens (including phenoxy) is 1. The summed E-state index contributed by atoms with van der Waals surface area (Å²) in [6.07, 6.45) is 5.60. The van der Waals surface area contributed by atoms with Crippen molar-refractivity contribution in [3.8, 4) is 11.3 Å². The van der Waals surface area contributed by atoms with Crippen LogP contribution in [0.1, 0.15) is 73.8 Å². The van der Waals surface area contributed by atoms with Gasteiger partial charge in [-0.1, -0.05) is 0 Å². The summed E-state index contributed by atoms with van der Waals surface area (Å²) in [4.78, 5) is 39.9. The molecular formula is C32H34F3N7O4. The molecule has 0 radical (unpaired) electrons. The predicted octanol–water partition coefficient (Wildman–Crippen LogP) is 5.50. The number of aromatic nitrogens is 4. The summed E-state index contributed by atoms with van der Waals surface area (Å²) in [6, 6.07) is 5.26. The summed E-state index contributed by atoms with van der Waals surface area (Å²) in [5, 5.41) is 12.0. The number of carboxylic acids is 1. The molecule has 1 aromatic carbocycles. The Morgan fingerprint density at radius 2 is 1.91 bits per heavy atom. The first-order valence-corrected chi connectivity index (χ1v) is 15.0. The normalized spacial score (nSPS) is 23.9. The highest BCUT2D eigenvalue weighted by molar-refractivity contribution is 6.08. The first-order chi connectivity index (χ1) is 22.0. The molecule has 6 rings (SSSR count). The minimum atomic E-state index is -2.75. The van der Waals surface area contributed by atoms with Crippen LogP contribution in [0.4, 0.5) is 24.7 Å². The molecule has 1 saturated heterocycles. The fourth-order valence-electron chi connectivity index (χ4n) is 6.43. The Hall–Kier alpha value is -4.56. The molecule has 14 heteroatoms. The zero-order valence-electron chi connectivity index (χ0n) is 25.3. The Labute approximate surface area is 262 Å². The number of amides is 1. The van der Waals surface area contributed by atoms with Crippen molar-refractivity contribution in [3.05, 3.63) is 71.8 Å². The fraction of sp³-hybridized carbons (Fsp3) is 0.406. The van der Waals surface area contributed by atoms with Crippen LogP contribution in [-0.2, 0) is 9.53 Å². The van der Waals surface area contributed by atoms with E-state index in [1.165, 1.54) is 18.3 Å². The van der Waals surface area contributed by atoms with E-state index in [4.69, 9.17) is 10.5 Å². The largest absolute Gasteiger partial charge is 0.481 e. The van der Waals surface area contributed by atoms with Gasteiger partial charge in [0.05, 0.1) is 40.7 Å². The number of nitrogens with zero attached hydrogens (tertiary/aromatic N) is 5. The first-order valence-electron chi connectivity index (χ1n) is 15.0. The van der Waals surface area contributed by atoms with E-state index in [2.05, 4.69) is 32.1 Å². The molecule has 242 valence electrons. The number of rotatable bonds is 7. The van der Waals surface area contributed by atoms with Gasteiger partial charge in [-0.3, -0.25) is 23.9 Å². The number of carbonyl (C=O) groups is 2. The van der Waals surface area contributed by atoms with E-state index >= 15 is 4.39 Å². The summed E-state index contributed by atoms with van der Waals surface area (Å²) in [7, 11) is 0. The number of anilines is 2. The lowest BCUT2D eigenvalue weighted by atomic mass is 9.73. The van der Waals surface area contributed by atoms with E-state index in [0.717, 1.165) is 31.2 Å². The zero-order chi connectivity index (χ0) is 32.7. The Kier molecular flexibility index (Phi) is 8.42. The van der Waals surface area contributed by atoms with Crippen molar-refractivity contribution in [3.63, 3.8) is 0 Å². The second kappa shape index (κ2) is 12.3. The molecule has 0 unspecified atom stereocenters. The van der Waals surface area contributed by atoms with Gasteiger partial charge in [0.25, 0.3) is 12.3 Å². The third kappa shape index (κ3) is 5.78. The summed E-state index contributed by atoms with van der Waals surface area (Å²) in [5.74, 6) is -1.93. The lowest BCUT2D eigenvalue weighted by molar-refractivity contribution is -0.151. The van der Waals surface area contributed by atoms with Gasteiger partial charge in [-0.25, -0.2) is 23.1 Å². The maximum Gasteiger partial charge on any atom is 0.309 e. The number of nitrogens with two attached hydrogens (primary N) is 1. The number of carbonyl (C=O) groups excluding carboxylic acids is 1. The van der Waals surface area contributed by atoms with Gasteiger partial charge < -0.3 is 20.9 Å². The molecule has 0 bridgehead atoms. The topological polar surface area (TPSA) is 148 Å². The SMILES string of the molecule is C[C@H]1CO[C@@H](c2ncc3c(-c4ccc(C(=O)Nc5cc(C(F)F)ccn5)c(N)c4F)nccn23)CN1C1CCC(C)(C(=O)O)CC1. The molecule has 11 nitrogen and oxygen atoms in total. The lowest BCUT2D eigenvalue weighted by Gasteiger charge is -2.46. The number of nitrogens with one attached hydrogen (secondary N) is 1. The van der Waals surface area contributed by atoms with Crippen molar-refractivity contribution in [2.24, 2.45) is 5.41 Å². The van der Waals surface area contributed by atoms with Gasteiger partial charge in [-0.2, -0.15) is 0 Å². The van der Waals surface area contributed by atoms with Crippen molar-refractivity contribution >= 4 is 28.9 Å². The third-order valence-corrected chi connectivity index (χ3v) is 9.26. The van der Waals surface area contributed by atoms with Gasteiger partial charge in [0.1, 0.15) is 17.7 Å². The highest BCUT2D eigenvalue weighted by Crippen LogP contribution is 2.40. The molecule has 4 N–H and O–H groups in total. The quantitative estimate of drug-likeness (QED) is 0.224. The molecule has 46 heavy (non-hydrogen) atoms. The maximum absolute atomic E-state index is 15.8. The summed E-state index contributed by atoms with van der Waals surface area (Å²) >= 11 is 0. The van der Waals surface area contributed by atoms with Crippen LogP contribution in [0.2, 0.25) is 0 Å². The molecule has 3 aromatic heterocycles. The number of nitrogen functional groups attached to an aromatic ring is 1. The van der Waals surface area contributed by atoms with Crippen LogP contribution in [0.25, 0.3) is 16.8 Å². The monoisotopic (exact) mass is 637 g/mol. The Morgan fingerprint density at radius 1 is 1.15 bits per heavy atom. The van der Waals surface area contributed by atoms with Gasteiger partial charge in [0.15, 0.2) is 5.82 Å². The Morgan fingerprint density at radius 3 is 2.63 bits per heavy atom. The number of pyridine rings is 1. The highest BCUT2D eigenvalue weighted by atomic mass is 19.3. The van der Waals surface area contributed by atoms with Crippen molar-refractivity contribution < 1.29 is 32.6 Å². The van der Waals surface area contributed by atoms with Crippen LogP contribution in [0.3, 0.4) is 0 Å². The molecule has 1 saturated carbocycles. The number of hydrogen-bond acceptors (Lipinski definition) is 8. The average Bonchev–Trinajstić information content (AvgIpc) is 3.48. The smallest absolute Gasteiger partial charge is 0.309 e. The summed E-state index contributed by atoms with van der Waals surface area (Å²) < 4.78 is 49.9. The van der Waals surface area contributed by atoms with Crippen LogP contribution < -0.4 is 11.1 Å². The number of hydrogen-bond donors (Lipinski definition) is 3. The molecule has 4 aromatic rings. The van der Waals surface area contributed by atoms with E-state index in [9.17, 15) is 23.5 Å². The summed E-state index contributed by atoms with van der Waals surface area (Å²) in [5.41, 5.74) is 5.23. The molecule has 1 amide bonds. The highest BCUT2D eigenvalue weighted by Gasteiger charge is 2.42. The maximum atomic E-state index is 15.8. The second-order valence-corrected chi connectivity index (χ2v) is 12.2. The van der Waals surface area contributed by atoms with Crippen molar-refractivity contribution in [2.75, 3.05) is 24.2 Å². The summed E-state index contributed by atoms with van der Waals surface area (Å²) in [6.45, 7) is 4.95. The number of imidazole rings is 1. The second-order valence-electron chi connectivity index (χ2n) is 12.2. The number of aliphatic carboxylic acids is 1. The molecule has 2 atom stereocenters. The molecular weight excluding hydrogens is 603 g/mol. The average molecular weight is 638 g/mol. The van der Waals surface area contributed by atoms with Gasteiger partial charge in [-0.05, 0) is 63.8 Å². The van der Waals surface area contributed by atoms with E-state index in [-0.39, 0.29) is 46.4 Å². The van der Waals surface area contributed by atoms with E-state index < -0.39 is 35.2 Å². The minimum absolute atomic E-state index is 0.0485. The van der Waals surface area contributed by atoms with Crippen LogP contribution in [0, 0.1) is 11.2 Å². The number of benzene rings is 1. The van der Waals surface area contributed by atoms with Crippen molar-refractivity contribution in [1.82, 2.24) is 24.3 Å². The third-order valence-electron chi connectivity index (χ3n) is 9.26. The number of morpholine rings is 1. The van der Waals surface area contributed by atoms with E-state index in [0.29, 0.717) is 37.3 Å².